The number of benzene rings is 1. The second kappa shape index (κ2) is 11.6. The van der Waals surface area contributed by atoms with Gasteiger partial charge in [-0.2, -0.15) is 0 Å². The Kier molecular flexibility index (Phi) is 7.94. The van der Waals surface area contributed by atoms with Crippen LogP contribution in [0.15, 0.2) is 24.3 Å². The number of H-pyrrole nitrogens is 1. The van der Waals surface area contributed by atoms with Gasteiger partial charge < -0.3 is 35.3 Å². The quantitative estimate of drug-likeness (QED) is 0.293. The molecule has 1 spiro atoms. The van der Waals surface area contributed by atoms with Crippen molar-refractivity contribution in [3.05, 3.63) is 30.0 Å². The van der Waals surface area contributed by atoms with Crippen molar-refractivity contribution < 1.29 is 42.2 Å². The van der Waals surface area contributed by atoms with E-state index in [-0.39, 0.29) is 37.0 Å². The number of rotatable bonds is 10. The maximum absolute atomic E-state index is 14.7. The molecule has 2 aliphatic heterocycles. The average molecular weight is 630 g/mol. The van der Waals surface area contributed by atoms with Gasteiger partial charge in [0.2, 0.25) is 11.8 Å². The van der Waals surface area contributed by atoms with Gasteiger partial charge in [0.05, 0.1) is 18.6 Å². The van der Waals surface area contributed by atoms with Crippen LogP contribution in [-0.2, 0) is 23.9 Å². The number of alkyl halides is 2. The highest BCUT2D eigenvalue weighted by Gasteiger charge is 2.75. The number of nitrogens with one attached hydrogen (secondary N) is 4. The van der Waals surface area contributed by atoms with Gasteiger partial charge in [0.25, 0.3) is 17.7 Å². The van der Waals surface area contributed by atoms with Crippen molar-refractivity contribution in [1.82, 2.24) is 25.8 Å². The molecule has 3 heterocycles. The molecule has 2 aliphatic carbocycles. The summed E-state index contributed by atoms with van der Waals surface area (Å²) in [6.07, 6.45) is 0.445. The molecule has 2 saturated heterocycles. The highest BCUT2D eigenvalue weighted by molar-refractivity contribution is 6.02. The molecule has 5 atom stereocenters. The Morgan fingerprint density at radius 1 is 1.18 bits per heavy atom. The molecule has 1 aromatic carbocycles. The first kappa shape index (κ1) is 30.8. The van der Waals surface area contributed by atoms with E-state index >= 15 is 0 Å². The Balaban J connectivity index is 1.29. The van der Waals surface area contributed by atoms with Crippen molar-refractivity contribution in [2.24, 2.45) is 11.3 Å². The molecule has 0 radical (unpaired) electrons. The number of aromatic amines is 1. The number of aromatic nitrogens is 1. The topological polar surface area (TPSA) is 159 Å². The fourth-order valence-corrected chi connectivity index (χ4v) is 6.69. The predicted molar refractivity (Wildman–Crippen MR) is 155 cm³/mol. The number of halogens is 2. The highest BCUT2D eigenvalue weighted by atomic mass is 19.3. The van der Waals surface area contributed by atoms with Gasteiger partial charge >= 0.3 is 5.97 Å². The van der Waals surface area contributed by atoms with Crippen molar-refractivity contribution in [1.29, 1.82) is 0 Å². The molecule has 2 saturated carbocycles. The van der Waals surface area contributed by atoms with Crippen LogP contribution in [0.1, 0.15) is 62.4 Å². The zero-order valence-corrected chi connectivity index (χ0v) is 25.1. The van der Waals surface area contributed by atoms with E-state index in [9.17, 15) is 32.8 Å². The zero-order chi connectivity index (χ0) is 32.1. The molecule has 1 unspecified atom stereocenters. The van der Waals surface area contributed by atoms with Crippen LogP contribution in [-0.4, -0.2) is 89.8 Å². The van der Waals surface area contributed by atoms with Gasteiger partial charge in [-0.1, -0.05) is 6.07 Å². The fourth-order valence-electron chi connectivity index (χ4n) is 6.69. The predicted octanol–water partition coefficient (Wildman–Crippen LogP) is 2.03. The largest absolute Gasteiger partial charge is 0.496 e. The van der Waals surface area contributed by atoms with Gasteiger partial charge in [-0.05, 0) is 56.7 Å². The van der Waals surface area contributed by atoms with Crippen LogP contribution in [0.3, 0.4) is 0 Å². The number of likely N-dealkylation sites (tertiary alicyclic amines) is 1. The number of hydrogen-bond acceptors (Lipinski definition) is 7. The standard InChI is InChI=1S/C31H37F2N5O7/c1-16(39)45-25(28(42)35-18-8-9-18)21(11-17-5-4-10-34-26(17)40)37-27(41)23-13-30(14-31(30,32)33)15-38(23)29(43)22-12-19-20(36-22)6-3-7-24(19)44-2/h3,6-7,12,17-18,21,23,25,36H,4-5,8-11,13-15H2,1-2H3,(H,34,40)(H,35,42)(H,37,41)/t17-,21-,23-,25?,30-/m0/s1. The van der Waals surface area contributed by atoms with E-state index in [2.05, 4.69) is 20.9 Å². The summed E-state index contributed by atoms with van der Waals surface area (Å²) in [5.74, 6) is -6.17. The molecular formula is C31H37F2N5O7. The lowest BCUT2D eigenvalue weighted by atomic mass is 9.89. The summed E-state index contributed by atoms with van der Waals surface area (Å²) >= 11 is 0. The Bertz CT molecular complexity index is 1540. The smallest absolute Gasteiger partial charge is 0.303 e. The first-order valence-corrected chi connectivity index (χ1v) is 15.3. The van der Waals surface area contributed by atoms with Gasteiger partial charge in [0.1, 0.15) is 17.5 Å². The number of carbonyl (C=O) groups is 5. The van der Waals surface area contributed by atoms with E-state index in [4.69, 9.17) is 9.47 Å². The maximum Gasteiger partial charge on any atom is 0.303 e. The number of hydrogen-bond donors (Lipinski definition) is 4. The van der Waals surface area contributed by atoms with Crippen molar-refractivity contribution >= 4 is 40.5 Å². The van der Waals surface area contributed by atoms with Crippen LogP contribution >= 0.6 is 0 Å². The zero-order valence-electron chi connectivity index (χ0n) is 25.1. The van der Waals surface area contributed by atoms with Crippen LogP contribution < -0.4 is 20.7 Å². The third-order valence-corrected chi connectivity index (χ3v) is 9.39. The van der Waals surface area contributed by atoms with Crippen LogP contribution in [0.5, 0.6) is 5.75 Å². The van der Waals surface area contributed by atoms with E-state index in [1.54, 1.807) is 24.3 Å². The number of ether oxygens (including phenoxy) is 2. The molecule has 2 aromatic rings. The van der Waals surface area contributed by atoms with Crippen LogP contribution in [0.25, 0.3) is 10.9 Å². The maximum atomic E-state index is 14.7. The fraction of sp³-hybridized carbons (Fsp3) is 0.581. The number of nitrogens with zero attached hydrogens (tertiary/aromatic N) is 1. The Labute approximate surface area is 257 Å². The van der Waals surface area contributed by atoms with E-state index in [0.717, 1.165) is 24.7 Å². The summed E-state index contributed by atoms with van der Waals surface area (Å²) in [7, 11) is 1.49. The normalized spacial score (nSPS) is 26.6. The minimum absolute atomic E-state index is 0.0304. The summed E-state index contributed by atoms with van der Waals surface area (Å²) in [5, 5.41) is 8.94. The van der Waals surface area contributed by atoms with Crippen LogP contribution in [0.2, 0.25) is 0 Å². The van der Waals surface area contributed by atoms with E-state index in [0.29, 0.717) is 36.0 Å². The minimum Gasteiger partial charge on any atom is -0.496 e. The molecule has 4 amide bonds. The number of fused-ring (bicyclic) bond motifs is 1. The average Bonchev–Trinajstić information content (AvgIpc) is 3.76. The first-order chi connectivity index (χ1) is 21.4. The highest BCUT2D eigenvalue weighted by Crippen LogP contribution is 2.66. The molecule has 1 aromatic heterocycles. The monoisotopic (exact) mass is 629 g/mol. The number of piperidine rings is 1. The Hall–Kier alpha value is -4.23. The van der Waals surface area contributed by atoms with Gasteiger partial charge in [-0.3, -0.25) is 24.0 Å². The lowest BCUT2D eigenvalue weighted by molar-refractivity contribution is -0.157. The van der Waals surface area contributed by atoms with Gasteiger partial charge in [-0.25, -0.2) is 8.78 Å². The molecular weight excluding hydrogens is 592 g/mol. The van der Waals surface area contributed by atoms with Crippen molar-refractivity contribution in [2.45, 2.75) is 82.0 Å². The van der Waals surface area contributed by atoms with Gasteiger partial charge in [0.15, 0.2) is 6.10 Å². The Morgan fingerprint density at radius 3 is 2.58 bits per heavy atom. The summed E-state index contributed by atoms with van der Waals surface area (Å²) < 4.78 is 40.2. The van der Waals surface area contributed by atoms with Crippen molar-refractivity contribution in [2.75, 3.05) is 20.2 Å². The second-order valence-corrected chi connectivity index (χ2v) is 12.7. The summed E-state index contributed by atoms with van der Waals surface area (Å²) in [6.45, 7) is 1.29. The van der Waals surface area contributed by atoms with Crippen molar-refractivity contribution in [3.63, 3.8) is 0 Å². The van der Waals surface area contributed by atoms with Gasteiger partial charge in [-0.15, -0.1) is 0 Å². The third-order valence-electron chi connectivity index (χ3n) is 9.39. The lowest BCUT2D eigenvalue weighted by Gasteiger charge is -2.32. The molecule has 14 heteroatoms. The number of methoxy groups -OCH3 is 1. The van der Waals surface area contributed by atoms with E-state index in [1.807, 2.05) is 0 Å². The molecule has 4 fully saturated rings. The molecule has 12 nitrogen and oxygen atoms in total. The molecule has 45 heavy (non-hydrogen) atoms. The molecule has 4 N–H and O–H groups in total. The first-order valence-electron chi connectivity index (χ1n) is 15.3. The number of amides is 4. The molecule has 4 aliphatic rings. The third kappa shape index (κ3) is 6.06. The Morgan fingerprint density at radius 2 is 1.93 bits per heavy atom. The number of carbonyl (C=O) groups excluding carboxylic acids is 5. The minimum atomic E-state index is -3.05. The van der Waals surface area contributed by atoms with E-state index in [1.165, 1.54) is 7.11 Å². The molecule has 6 rings (SSSR count). The summed E-state index contributed by atoms with van der Waals surface area (Å²) in [6, 6.07) is 4.23. The second-order valence-electron chi connectivity index (χ2n) is 12.7. The van der Waals surface area contributed by atoms with Crippen molar-refractivity contribution in [3.8, 4) is 5.75 Å². The summed E-state index contributed by atoms with van der Waals surface area (Å²) in [5.41, 5.74) is -0.849. The molecule has 0 bridgehead atoms. The SMILES string of the molecule is COc1cccc2[nH]c(C(=O)N3C[C@]4(C[C@H]3C(=O)N[C@@H](C[C@@H]3CCCNC3=O)C(OC(C)=O)C(=O)NC3CC3)CC4(F)F)cc12. The van der Waals surface area contributed by atoms with E-state index < -0.39 is 65.6 Å². The summed E-state index contributed by atoms with van der Waals surface area (Å²) in [4.78, 5) is 70.1. The molecule has 242 valence electrons. The van der Waals surface area contributed by atoms with Crippen LogP contribution in [0, 0.1) is 11.3 Å². The van der Waals surface area contributed by atoms with Gasteiger partial charge in [0, 0.05) is 49.3 Å². The lowest BCUT2D eigenvalue weighted by Crippen LogP contribution is -2.57. The number of esters is 1. The van der Waals surface area contributed by atoms with Crippen LogP contribution in [0.4, 0.5) is 8.78 Å².